The zero-order chi connectivity index (χ0) is 18.6. The maximum atomic E-state index is 12.5. The van der Waals surface area contributed by atoms with Crippen LogP contribution in [0.1, 0.15) is 34.7 Å². The molecule has 1 fully saturated rings. The first-order valence-electron chi connectivity index (χ1n) is 9.28. The summed E-state index contributed by atoms with van der Waals surface area (Å²) >= 11 is 0. The Balaban J connectivity index is 1.33. The second kappa shape index (κ2) is 7.70. The summed E-state index contributed by atoms with van der Waals surface area (Å²) in [6.07, 6.45) is 5.96. The molecular weight excluding hydrogens is 340 g/mol. The molecule has 1 aliphatic rings. The third-order valence-electron chi connectivity index (χ3n) is 5.07. The molecule has 1 saturated heterocycles. The van der Waals surface area contributed by atoms with Gasteiger partial charge < -0.3 is 9.42 Å². The van der Waals surface area contributed by atoms with E-state index in [9.17, 15) is 4.79 Å². The molecule has 0 atom stereocenters. The molecule has 6 nitrogen and oxygen atoms in total. The van der Waals surface area contributed by atoms with Crippen molar-refractivity contribution in [3.63, 3.8) is 0 Å². The van der Waals surface area contributed by atoms with Gasteiger partial charge in [0.1, 0.15) is 0 Å². The lowest BCUT2D eigenvalue weighted by atomic mass is 9.93. The third kappa shape index (κ3) is 4.05. The van der Waals surface area contributed by atoms with Crippen LogP contribution in [-0.2, 0) is 6.42 Å². The minimum absolute atomic E-state index is 0.0790. The van der Waals surface area contributed by atoms with Crippen molar-refractivity contribution >= 4 is 5.91 Å². The molecule has 27 heavy (non-hydrogen) atoms. The van der Waals surface area contributed by atoms with E-state index in [1.165, 1.54) is 5.56 Å². The topological polar surface area (TPSA) is 72.1 Å². The number of nitrogens with zero attached hydrogens (tertiary/aromatic N) is 4. The highest BCUT2D eigenvalue weighted by molar-refractivity contribution is 5.94. The van der Waals surface area contributed by atoms with Crippen molar-refractivity contribution in [1.82, 2.24) is 20.0 Å². The fourth-order valence-electron chi connectivity index (χ4n) is 3.42. The Labute approximate surface area is 158 Å². The van der Waals surface area contributed by atoms with Gasteiger partial charge in [0, 0.05) is 43.0 Å². The maximum absolute atomic E-state index is 12.5. The van der Waals surface area contributed by atoms with Crippen LogP contribution in [0.4, 0.5) is 0 Å². The molecule has 6 heteroatoms. The molecule has 3 aromatic rings. The Hall–Kier alpha value is -3.02. The largest absolute Gasteiger partial charge is 0.339 e. The molecule has 3 heterocycles. The highest BCUT2D eigenvalue weighted by Gasteiger charge is 2.25. The Morgan fingerprint density at radius 1 is 1.11 bits per heavy atom. The molecule has 0 radical (unpaired) electrons. The monoisotopic (exact) mass is 362 g/mol. The first-order valence-corrected chi connectivity index (χ1v) is 9.28. The van der Waals surface area contributed by atoms with Crippen molar-refractivity contribution in [1.29, 1.82) is 0 Å². The second-order valence-electron chi connectivity index (χ2n) is 7.05. The number of hydrogen-bond acceptors (Lipinski definition) is 5. The zero-order valence-corrected chi connectivity index (χ0v) is 15.3. The smallest absolute Gasteiger partial charge is 0.253 e. The molecule has 0 spiro atoms. The number of carbonyl (C=O) groups excluding carboxylic acids is 1. The minimum atomic E-state index is 0.0790. The van der Waals surface area contributed by atoms with Gasteiger partial charge >= 0.3 is 0 Å². The highest BCUT2D eigenvalue weighted by Crippen LogP contribution is 2.24. The summed E-state index contributed by atoms with van der Waals surface area (Å²) in [5, 5.41) is 4.11. The lowest BCUT2D eigenvalue weighted by Crippen LogP contribution is -2.38. The standard InChI is InChI=1S/C21H22N4O2/c1-15-2-4-17(5-3-15)20-23-19(27-24-20)14-16-8-12-25(13-9-16)21(26)18-6-10-22-11-7-18/h2-7,10-11,16H,8-9,12-14H2,1H3. The third-order valence-corrected chi connectivity index (χ3v) is 5.07. The first kappa shape index (κ1) is 17.4. The quantitative estimate of drug-likeness (QED) is 0.710. The predicted octanol–water partition coefficient (Wildman–Crippen LogP) is 3.53. The van der Waals surface area contributed by atoms with E-state index in [0.29, 0.717) is 23.2 Å². The lowest BCUT2D eigenvalue weighted by Gasteiger charge is -2.31. The SMILES string of the molecule is Cc1ccc(-c2noc(CC3CCN(C(=O)c4ccncc4)CC3)n2)cc1. The minimum Gasteiger partial charge on any atom is -0.339 e. The van der Waals surface area contributed by atoms with Gasteiger partial charge in [-0.1, -0.05) is 35.0 Å². The van der Waals surface area contributed by atoms with E-state index in [1.807, 2.05) is 29.2 Å². The lowest BCUT2D eigenvalue weighted by molar-refractivity contribution is 0.0687. The fourth-order valence-corrected chi connectivity index (χ4v) is 3.42. The van der Waals surface area contributed by atoms with Crippen molar-refractivity contribution in [3.05, 3.63) is 65.8 Å². The predicted molar refractivity (Wildman–Crippen MR) is 101 cm³/mol. The summed E-state index contributed by atoms with van der Waals surface area (Å²) < 4.78 is 5.45. The van der Waals surface area contributed by atoms with Gasteiger partial charge in [-0.15, -0.1) is 0 Å². The van der Waals surface area contributed by atoms with Crippen LogP contribution in [0.25, 0.3) is 11.4 Å². The normalized spacial score (nSPS) is 15.1. The zero-order valence-electron chi connectivity index (χ0n) is 15.3. The molecule has 0 aliphatic carbocycles. The summed E-state index contributed by atoms with van der Waals surface area (Å²) in [6.45, 7) is 3.56. The van der Waals surface area contributed by atoms with E-state index >= 15 is 0 Å². The molecular formula is C21H22N4O2. The van der Waals surface area contributed by atoms with Crippen LogP contribution in [0, 0.1) is 12.8 Å². The number of carbonyl (C=O) groups is 1. The molecule has 0 bridgehead atoms. The van der Waals surface area contributed by atoms with Crippen molar-refractivity contribution in [2.45, 2.75) is 26.2 Å². The number of aromatic nitrogens is 3. The van der Waals surface area contributed by atoms with Gasteiger partial charge in [0.2, 0.25) is 11.7 Å². The number of likely N-dealkylation sites (tertiary alicyclic amines) is 1. The average molecular weight is 362 g/mol. The first-order chi connectivity index (χ1) is 13.2. The number of pyridine rings is 1. The molecule has 1 aliphatic heterocycles. The van der Waals surface area contributed by atoms with Crippen LogP contribution in [-0.4, -0.2) is 39.0 Å². The highest BCUT2D eigenvalue weighted by atomic mass is 16.5. The molecule has 4 rings (SSSR count). The summed E-state index contributed by atoms with van der Waals surface area (Å²) in [5.41, 5.74) is 2.87. The second-order valence-corrected chi connectivity index (χ2v) is 7.05. The molecule has 1 amide bonds. The van der Waals surface area contributed by atoms with Gasteiger partial charge in [-0.25, -0.2) is 0 Å². The van der Waals surface area contributed by atoms with E-state index < -0.39 is 0 Å². The van der Waals surface area contributed by atoms with Crippen molar-refractivity contribution in [3.8, 4) is 11.4 Å². The van der Waals surface area contributed by atoms with Gasteiger partial charge in [0.25, 0.3) is 5.91 Å². The van der Waals surface area contributed by atoms with Crippen LogP contribution in [0.15, 0.2) is 53.3 Å². The number of piperidine rings is 1. The molecule has 0 unspecified atom stereocenters. The summed E-state index contributed by atoms with van der Waals surface area (Å²) in [7, 11) is 0. The van der Waals surface area contributed by atoms with E-state index in [0.717, 1.165) is 37.9 Å². The van der Waals surface area contributed by atoms with Gasteiger partial charge in [0.15, 0.2) is 0 Å². The molecule has 1 aromatic carbocycles. The Bertz CT molecular complexity index is 897. The summed E-state index contributed by atoms with van der Waals surface area (Å²) in [5.74, 6) is 1.84. The van der Waals surface area contributed by atoms with Gasteiger partial charge in [-0.3, -0.25) is 9.78 Å². The van der Waals surface area contributed by atoms with Crippen LogP contribution < -0.4 is 0 Å². The average Bonchev–Trinajstić information content (AvgIpc) is 3.18. The van der Waals surface area contributed by atoms with Crippen LogP contribution >= 0.6 is 0 Å². The number of rotatable bonds is 4. The van der Waals surface area contributed by atoms with Crippen molar-refractivity contribution in [2.75, 3.05) is 13.1 Å². The van der Waals surface area contributed by atoms with Crippen LogP contribution in [0.5, 0.6) is 0 Å². The van der Waals surface area contributed by atoms with Crippen molar-refractivity contribution in [2.24, 2.45) is 5.92 Å². The number of hydrogen-bond donors (Lipinski definition) is 0. The van der Waals surface area contributed by atoms with Crippen LogP contribution in [0.3, 0.4) is 0 Å². The maximum Gasteiger partial charge on any atom is 0.253 e. The van der Waals surface area contributed by atoms with Crippen molar-refractivity contribution < 1.29 is 9.32 Å². The van der Waals surface area contributed by atoms with Gasteiger partial charge in [-0.2, -0.15) is 4.98 Å². The Morgan fingerprint density at radius 3 is 2.52 bits per heavy atom. The van der Waals surface area contributed by atoms with Gasteiger partial charge in [0.05, 0.1) is 0 Å². The fraction of sp³-hybridized carbons (Fsp3) is 0.333. The van der Waals surface area contributed by atoms with Gasteiger partial charge in [-0.05, 0) is 37.8 Å². The Kier molecular flexibility index (Phi) is 4.96. The molecule has 2 aromatic heterocycles. The van der Waals surface area contributed by atoms with E-state index in [2.05, 4.69) is 22.0 Å². The summed E-state index contributed by atoms with van der Waals surface area (Å²) in [6, 6.07) is 11.6. The van der Waals surface area contributed by atoms with E-state index in [1.54, 1.807) is 24.5 Å². The van der Waals surface area contributed by atoms with E-state index in [4.69, 9.17) is 4.52 Å². The van der Waals surface area contributed by atoms with Crippen LogP contribution in [0.2, 0.25) is 0 Å². The molecule has 0 N–H and O–H groups in total. The van der Waals surface area contributed by atoms with E-state index in [-0.39, 0.29) is 5.91 Å². The number of benzene rings is 1. The number of amides is 1. The Morgan fingerprint density at radius 2 is 1.81 bits per heavy atom. The number of aryl methyl sites for hydroxylation is 1. The molecule has 0 saturated carbocycles. The summed E-state index contributed by atoms with van der Waals surface area (Å²) in [4.78, 5) is 22.9. The molecule has 138 valence electrons.